The van der Waals surface area contributed by atoms with Crippen LogP contribution in [0, 0.1) is 0 Å². The number of aldehydes is 1. The van der Waals surface area contributed by atoms with Crippen LogP contribution >= 0.6 is 0 Å². The first-order valence-electron chi connectivity index (χ1n) is 5.09. The molecule has 0 aliphatic rings. The van der Waals surface area contributed by atoms with Crippen molar-refractivity contribution in [1.29, 1.82) is 0 Å². The van der Waals surface area contributed by atoms with E-state index in [0.717, 1.165) is 44.8 Å². The van der Waals surface area contributed by atoms with E-state index in [-0.39, 0.29) is 6.42 Å². The molecule has 3 nitrogen and oxygen atoms in total. The number of hydrogen-bond acceptors (Lipinski definition) is 2. The van der Waals surface area contributed by atoms with Gasteiger partial charge in [-0.15, -0.1) is 0 Å². The Kier molecular flexibility index (Phi) is 9.17. The lowest BCUT2D eigenvalue weighted by Crippen LogP contribution is -1.93. The first kappa shape index (κ1) is 12.9. The molecule has 80 valence electrons. The van der Waals surface area contributed by atoms with Crippen molar-refractivity contribution in [2.75, 3.05) is 0 Å². The Bertz CT molecular complexity index is 185. The second-order valence-electron chi connectivity index (χ2n) is 3.26. The standard InChI is InChI=1S/C11H18O3/c12-10-8-6-4-2-1-3-5-7-9-11(13)14/h6,8,10H,1-5,7,9H2,(H,13,14)/b8-6-. The highest BCUT2D eigenvalue weighted by Gasteiger charge is 1.95. The molecule has 0 amide bonds. The van der Waals surface area contributed by atoms with E-state index in [9.17, 15) is 9.59 Å². The third-order valence-corrected chi connectivity index (χ3v) is 1.98. The summed E-state index contributed by atoms with van der Waals surface area (Å²) in [6.45, 7) is 0. The number of carbonyl (C=O) groups excluding carboxylic acids is 1. The number of carbonyl (C=O) groups is 2. The first-order valence-corrected chi connectivity index (χ1v) is 5.09. The van der Waals surface area contributed by atoms with E-state index in [2.05, 4.69) is 0 Å². The zero-order valence-electron chi connectivity index (χ0n) is 8.45. The van der Waals surface area contributed by atoms with Crippen LogP contribution in [-0.2, 0) is 9.59 Å². The fourth-order valence-corrected chi connectivity index (χ4v) is 1.22. The summed E-state index contributed by atoms with van der Waals surface area (Å²) in [5.41, 5.74) is 0. The van der Waals surface area contributed by atoms with Crippen LogP contribution < -0.4 is 0 Å². The van der Waals surface area contributed by atoms with E-state index in [0.29, 0.717) is 0 Å². The van der Waals surface area contributed by atoms with Gasteiger partial charge in [0.25, 0.3) is 0 Å². The molecule has 0 aromatic heterocycles. The average Bonchev–Trinajstić information content (AvgIpc) is 2.15. The third-order valence-electron chi connectivity index (χ3n) is 1.98. The molecule has 1 N–H and O–H groups in total. The number of aliphatic carboxylic acids is 1. The summed E-state index contributed by atoms with van der Waals surface area (Å²) in [5.74, 6) is -0.709. The molecular weight excluding hydrogens is 180 g/mol. The van der Waals surface area contributed by atoms with Crippen LogP contribution in [0.3, 0.4) is 0 Å². The van der Waals surface area contributed by atoms with Crippen molar-refractivity contribution in [3.05, 3.63) is 12.2 Å². The fourth-order valence-electron chi connectivity index (χ4n) is 1.22. The summed E-state index contributed by atoms with van der Waals surface area (Å²) < 4.78 is 0. The van der Waals surface area contributed by atoms with Gasteiger partial charge in [-0.2, -0.15) is 0 Å². The molecule has 0 saturated carbocycles. The van der Waals surface area contributed by atoms with Crippen molar-refractivity contribution < 1.29 is 14.7 Å². The number of carboxylic acid groups (broad SMARTS) is 1. The highest BCUT2D eigenvalue weighted by Crippen LogP contribution is 2.07. The summed E-state index contributed by atoms with van der Waals surface area (Å²) in [6, 6.07) is 0. The van der Waals surface area contributed by atoms with Crippen molar-refractivity contribution in [1.82, 2.24) is 0 Å². The Morgan fingerprint density at radius 2 is 1.71 bits per heavy atom. The number of unbranched alkanes of at least 4 members (excludes halogenated alkanes) is 5. The molecular formula is C11H18O3. The zero-order chi connectivity index (χ0) is 10.6. The molecule has 0 spiro atoms. The molecule has 0 heterocycles. The third kappa shape index (κ3) is 10.9. The van der Waals surface area contributed by atoms with Gasteiger partial charge >= 0.3 is 5.97 Å². The first-order chi connectivity index (χ1) is 6.77. The number of rotatable bonds is 9. The van der Waals surface area contributed by atoms with Crippen molar-refractivity contribution in [2.45, 2.75) is 44.9 Å². The van der Waals surface area contributed by atoms with E-state index in [1.807, 2.05) is 6.08 Å². The number of allylic oxidation sites excluding steroid dienone is 2. The van der Waals surface area contributed by atoms with Crippen molar-refractivity contribution >= 4 is 12.3 Å². The zero-order valence-corrected chi connectivity index (χ0v) is 8.45. The molecule has 0 unspecified atom stereocenters. The summed E-state index contributed by atoms with van der Waals surface area (Å²) in [4.78, 5) is 20.1. The lowest BCUT2D eigenvalue weighted by molar-refractivity contribution is -0.137. The van der Waals surface area contributed by atoms with Gasteiger partial charge in [0.05, 0.1) is 0 Å². The van der Waals surface area contributed by atoms with Gasteiger partial charge < -0.3 is 5.11 Å². The molecule has 0 bridgehead atoms. The lowest BCUT2D eigenvalue weighted by Gasteiger charge is -1.97. The topological polar surface area (TPSA) is 54.4 Å². The number of carboxylic acids is 1. The van der Waals surface area contributed by atoms with Gasteiger partial charge in [0.1, 0.15) is 6.29 Å². The molecule has 0 aliphatic carbocycles. The predicted molar refractivity (Wildman–Crippen MR) is 55.2 cm³/mol. The molecule has 0 saturated heterocycles. The van der Waals surface area contributed by atoms with Gasteiger partial charge in [0.2, 0.25) is 0 Å². The monoisotopic (exact) mass is 198 g/mol. The molecule has 0 radical (unpaired) electrons. The maximum Gasteiger partial charge on any atom is 0.303 e. The lowest BCUT2D eigenvalue weighted by atomic mass is 10.1. The second kappa shape index (κ2) is 9.96. The Balaban J connectivity index is 3.02. The van der Waals surface area contributed by atoms with E-state index < -0.39 is 5.97 Å². The quantitative estimate of drug-likeness (QED) is 0.352. The van der Waals surface area contributed by atoms with E-state index >= 15 is 0 Å². The second-order valence-corrected chi connectivity index (χ2v) is 3.26. The van der Waals surface area contributed by atoms with Crippen LogP contribution in [-0.4, -0.2) is 17.4 Å². The average molecular weight is 198 g/mol. The van der Waals surface area contributed by atoms with E-state index in [1.54, 1.807) is 0 Å². The van der Waals surface area contributed by atoms with E-state index in [1.165, 1.54) is 6.08 Å². The van der Waals surface area contributed by atoms with Crippen molar-refractivity contribution in [3.63, 3.8) is 0 Å². The minimum atomic E-state index is -0.709. The minimum Gasteiger partial charge on any atom is -0.481 e. The Morgan fingerprint density at radius 1 is 1.07 bits per heavy atom. The smallest absolute Gasteiger partial charge is 0.303 e. The van der Waals surface area contributed by atoms with Crippen LogP contribution in [0.2, 0.25) is 0 Å². The Labute approximate surface area is 84.8 Å². The van der Waals surface area contributed by atoms with Crippen molar-refractivity contribution in [3.8, 4) is 0 Å². The predicted octanol–water partition coefficient (Wildman–Crippen LogP) is 2.56. The Hall–Kier alpha value is -1.12. The maximum absolute atomic E-state index is 10.2. The van der Waals surface area contributed by atoms with Crippen molar-refractivity contribution in [2.24, 2.45) is 0 Å². The van der Waals surface area contributed by atoms with Gasteiger partial charge in [0, 0.05) is 6.42 Å². The molecule has 0 aromatic rings. The van der Waals surface area contributed by atoms with Gasteiger partial charge in [-0.1, -0.05) is 25.3 Å². The van der Waals surface area contributed by atoms with Gasteiger partial charge in [-0.25, -0.2) is 0 Å². The SMILES string of the molecule is O=C/C=C\CCCCCCCC(=O)O. The maximum atomic E-state index is 10.2. The summed E-state index contributed by atoms with van der Waals surface area (Å²) in [5, 5.41) is 8.37. The van der Waals surface area contributed by atoms with Crippen LogP contribution in [0.15, 0.2) is 12.2 Å². The molecule has 0 rings (SSSR count). The van der Waals surface area contributed by atoms with Crippen LogP contribution in [0.4, 0.5) is 0 Å². The molecule has 0 aliphatic heterocycles. The highest BCUT2D eigenvalue weighted by atomic mass is 16.4. The van der Waals surface area contributed by atoms with Gasteiger partial charge in [-0.05, 0) is 25.3 Å². The van der Waals surface area contributed by atoms with Crippen LogP contribution in [0.1, 0.15) is 44.9 Å². The van der Waals surface area contributed by atoms with Gasteiger partial charge in [-0.3, -0.25) is 9.59 Å². The Morgan fingerprint density at radius 3 is 2.36 bits per heavy atom. The molecule has 14 heavy (non-hydrogen) atoms. The molecule has 0 fully saturated rings. The molecule has 0 aromatic carbocycles. The number of hydrogen-bond donors (Lipinski definition) is 1. The minimum absolute atomic E-state index is 0.283. The highest BCUT2D eigenvalue weighted by molar-refractivity contribution is 5.66. The normalized spacial score (nSPS) is 10.6. The van der Waals surface area contributed by atoms with Crippen LogP contribution in [0.25, 0.3) is 0 Å². The molecule has 3 heteroatoms. The summed E-state index contributed by atoms with van der Waals surface area (Å²) >= 11 is 0. The van der Waals surface area contributed by atoms with E-state index in [4.69, 9.17) is 5.11 Å². The largest absolute Gasteiger partial charge is 0.481 e. The molecule has 0 atom stereocenters. The van der Waals surface area contributed by atoms with Gasteiger partial charge in [0.15, 0.2) is 0 Å². The van der Waals surface area contributed by atoms with Crippen LogP contribution in [0.5, 0.6) is 0 Å². The fraction of sp³-hybridized carbons (Fsp3) is 0.636. The summed E-state index contributed by atoms with van der Waals surface area (Å²) in [7, 11) is 0. The summed E-state index contributed by atoms with van der Waals surface area (Å²) in [6.07, 6.45) is 10.4.